The van der Waals surface area contributed by atoms with Gasteiger partial charge in [-0.2, -0.15) is 0 Å². The molecule has 0 radical (unpaired) electrons. The number of carbonyl (C=O) groups excluding carboxylic acids is 1. The third-order valence-corrected chi connectivity index (χ3v) is 3.23. The Morgan fingerprint density at radius 3 is 3.00 bits per heavy atom. The highest BCUT2D eigenvalue weighted by Crippen LogP contribution is 2.13. The van der Waals surface area contributed by atoms with E-state index in [2.05, 4.69) is 20.7 Å². The molecule has 7 heteroatoms. The minimum Gasteiger partial charge on any atom is -0.347 e. The van der Waals surface area contributed by atoms with Gasteiger partial charge in [-0.25, -0.2) is 4.98 Å². The molecule has 2 aromatic rings. The maximum atomic E-state index is 12.0. The Morgan fingerprint density at radius 1 is 1.50 bits per heavy atom. The summed E-state index contributed by atoms with van der Waals surface area (Å²) in [6, 6.07) is 1.61. The van der Waals surface area contributed by atoms with E-state index in [9.17, 15) is 4.79 Å². The van der Waals surface area contributed by atoms with Crippen molar-refractivity contribution in [2.75, 3.05) is 5.43 Å². The molecule has 1 amide bonds. The largest absolute Gasteiger partial charge is 0.347 e. The zero-order valence-corrected chi connectivity index (χ0v) is 10.6. The Hall–Kier alpha value is -1.99. The lowest BCUT2D eigenvalue weighted by atomic mass is 10.2. The number of hydrazine groups is 1. The molecule has 18 heavy (non-hydrogen) atoms. The number of nitrogens with zero attached hydrogens (tertiary/aromatic N) is 2. The summed E-state index contributed by atoms with van der Waals surface area (Å²) < 4.78 is 0. The van der Waals surface area contributed by atoms with Crippen molar-refractivity contribution in [3.05, 3.63) is 40.1 Å². The number of carbonyl (C=O) groups is 1. The molecule has 0 aliphatic heterocycles. The van der Waals surface area contributed by atoms with Crippen molar-refractivity contribution in [2.24, 2.45) is 5.84 Å². The lowest BCUT2D eigenvalue weighted by Crippen LogP contribution is -2.24. The fourth-order valence-corrected chi connectivity index (χ4v) is 2.19. The number of pyridine rings is 1. The van der Waals surface area contributed by atoms with Crippen LogP contribution in [0.1, 0.15) is 20.2 Å². The fraction of sp³-hybridized carbons (Fsp3) is 0.182. The Kier molecular flexibility index (Phi) is 3.85. The SMILES string of the molecule is Cc1ncc(CNC(=O)c2ccncc2NN)s1. The molecule has 2 heterocycles. The first-order chi connectivity index (χ1) is 8.70. The van der Waals surface area contributed by atoms with Crippen molar-refractivity contribution in [1.82, 2.24) is 15.3 Å². The first-order valence-electron chi connectivity index (χ1n) is 5.31. The summed E-state index contributed by atoms with van der Waals surface area (Å²) in [7, 11) is 0. The standard InChI is InChI=1S/C11H13N5OS/c1-7-14-4-8(18-7)5-15-11(17)9-2-3-13-6-10(9)16-12/h2-4,6,16H,5,12H2,1H3,(H,15,17). The third kappa shape index (κ3) is 2.82. The first kappa shape index (κ1) is 12.5. The Morgan fingerprint density at radius 2 is 2.33 bits per heavy atom. The van der Waals surface area contributed by atoms with E-state index in [1.807, 2.05) is 6.92 Å². The Labute approximate surface area is 108 Å². The van der Waals surface area contributed by atoms with E-state index in [-0.39, 0.29) is 5.91 Å². The average Bonchev–Trinajstić information content (AvgIpc) is 2.81. The summed E-state index contributed by atoms with van der Waals surface area (Å²) in [5.74, 6) is 5.12. The zero-order chi connectivity index (χ0) is 13.0. The molecule has 0 saturated carbocycles. The van der Waals surface area contributed by atoms with E-state index >= 15 is 0 Å². The molecule has 0 spiro atoms. The number of nitrogens with one attached hydrogen (secondary N) is 2. The van der Waals surface area contributed by atoms with Crippen LogP contribution in [0.2, 0.25) is 0 Å². The van der Waals surface area contributed by atoms with Crippen LogP contribution in [0.15, 0.2) is 24.7 Å². The number of aryl methyl sites for hydroxylation is 1. The van der Waals surface area contributed by atoms with Gasteiger partial charge in [-0.05, 0) is 13.0 Å². The minimum absolute atomic E-state index is 0.198. The maximum Gasteiger partial charge on any atom is 0.253 e. The molecule has 0 atom stereocenters. The van der Waals surface area contributed by atoms with Gasteiger partial charge >= 0.3 is 0 Å². The van der Waals surface area contributed by atoms with Gasteiger partial charge in [0.25, 0.3) is 5.91 Å². The first-order valence-corrected chi connectivity index (χ1v) is 6.12. The van der Waals surface area contributed by atoms with Crippen LogP contribution in [0.3, 0.4) is 0 Å². The van der Waals surface area contributed by atoms with Gasteiger partial charge in [0, 0.05) is 17.3 Å². The van der Waals surface area contributed by atoms with Gasteiger partial charge in [-0.1, -0.05) is 0 Å². The smallest absolute Gasteiger partial charge is 0.253 e. The third-order valence-electron chi connectivity index (χ3n) is 2.31. The van der Waals surface area contributed by atoms with E-state index < -0.39 is 0 Å². The molecule has 0 aliphatic carbocycles. The van der Waals surface area contributed by atoms with Crippen LogP contribution in [0.5, 0.6) is 0 Å². The van der Waals surface area contributed by atoms with E-state index in [0.717, 1.165) is 9.88 Å². The Bertz CT molecular complexity index is 554. The second-order valence-corrected chi connectivity index (χ2v) is 4.91. The summed E-state index contributed by atoms with van der Waals surface area (Å²) in [5, 5.41) is 3.79. The number of thiazole rings is 1. The molecule has 2 rings (SSSR count). The molecule has 0 fully saturated rings. The molecule has 94 valence electrons. The minimum atomic E-state index is -0.198. The topological polar surface area (TPSA) is 92.9 Å². The van der Waals surface area contributed by atoms with Gasteiger partial charge in [-0.15, -0.1) is 11.3 Å². The lowest BCUT2D eigenvalue weighted by Gasteiger charge is -2.07. The predicted octanol–water partition coefficient (Wildman–Crippen LogP) is 1.06. The van der Waals surface area contributed by atoms with Crippen LogP contribution in [-0.4, -0.2) is 15.9 Å². The molecular weight excluding hydrogens is 250 g/mol. The molecule has 0 aliphatic rings. The van der Waals surface area contributed by atoms with E-state index in [4.69, 9.17) is 5.84 Å². The number of aromatic nitrogens is 2. The van der Waals surface area contributed by atoms with Gasteiger partial charge in [-0.3, -0.25) is 15.6 Å². The van der Waals surface area contributed by atoms with Gasteiger partial charge in [0.1, 0.15) is 0 Å². The van der Waals surface area contributed by atoms with Crippen molar-refractivity contribution in [3.63, 3.8) is 0 Å². The highest BCUT2D eigenvalue weighted by atomic mass is 32.1. The number of anilines is 1. The van der Waals surface area contributed by atoms with Crippen LogP contribution >= 0.6 is 11.3 Å². The number of rotatable bonds is 4. The quantitative estimate of drug-likeness (QED) is 0.566. The molecule has 6 nitrogen and oxygen atoms in total. The van der Waals surface area contributed by atoms with Crippen LogP contribution in [0.25, 0.3) is 0 Å². The van der Waals surface area contributed by atoms with E-state index in [1.165, 1.54) is 6.20 Å². The summed E-state index contributed by atoms with van der Waals surface area (Å²) in [6.07, 6.45) is 4.81. The van der Waals surface area contributed by atoms with Gasteiger partial charge in [0.05, 0.1) is 29.0 Å². The number of hydrogen-bond donors (Lipinski definition) is 3. The van der Waals surface area contributed by atoms with Crippen molar-refractivity contribution in [1.29, 1.82) is 0 Å². The monoisotopic (exact) mass is 263 g/mol. The zero-order valence-electron chi connectivity index (χ0n) is 9.80. The summed E-state index contributed by atoms with van der Waals surface area (Å²) in [6.45, 7) is 2.38. The molecule has 0 unspecified atom stereocenters. The number of hydrogen-bond acceptors (Lipinski definition) is 6. The Balaban J connectivity index is 2.03. The summed E-state index contributed by atoms with van der Waals surface area (Å²) in [4.78, 5) is 21.0. The van der Waals surface area contributed by atoms with E-state index in [0.29, 0.717) is 17.8 Å². The molecule has 0 saturated heterocycles. The number of nitrogen functional groups attached to an aromatic ring is 1. The van der Waals surface area contributed by atoms with Crippen molar-refractivity contribution >= 4 is 22.9 Å². The van der Waals surface area contributed by atoms with E-state index in [1.54, 1.807) is 29.8 Å². The second kappa shape index (κ2) is 5.56. The fourth-order valence-electron chi connectivity index (χ4n) is 1.46. The molecule has 2 aromatic heterocycles. The highest BCUT2D eigenvalue weighted by molar-refractivity contribution is 7.11. The predicted molar refractivity (Wildman–Crippen MR) is 70.1 cm³/mol. The maximum absolute atomic E-state index is 12.0. The van der Waals surface area contributed by atoms with Gasteiger partial charge in [0.2, 0.25) is 0 Å². The lowest BCUT2D eigenvalue weighted by molar-refractivity contribution is 0.0952. The summed E-state index contributed by atoms with van der Waals surface area (Å²) >= 11 is 1.56. The van der Waals surface area contributed by atoms with Crippen molar-refractivity contribution in [2.45, 2.75) is 13.5 Å². The van der Waals surface area contributed by atoms with Crippen LogP contribution < -0.4 is 16.6 Å². The molecule has 0 aromatic carbocycles. The highest BCUT2D eigenvalue weighted by Gasteiger charge is 2.10. The average molecular weight is 263 g/mol. The van der Waals surface area contributed by atoms with Gasteiger partial charge < -0.3 is 10.7 Å². The number of amides is 1. The molecular formula is C11H13N5OS. The van der Waals surface area contributed by atoms with Crippen LogP contribution in [-0.2, 0) is 6.54 Å². The van der Waals surface area contributed by atoms with Crippen molar-refractivity contribution in [3.8, 4) is 0 Å². The molecule has 0 bridgehead atoms. The normalized spacial score (nSPS) is 10.1. The van der Waals surface area contributed by atoms with Crippen LogP contribution in [0, 0.1) is 6.92 Å². The van der Waals surface area contributed by atoms with Crippen LogP contribution in [0.4, 0.5) is 5.69 Å². The molecule has 4 N–H and O–H groups in total. The second-order valence-electron chi connectivity index (χ2n) is 3.59. The van der Waals surface area contributed by atoms with Crippen molar-refractivity contribution < 1.29 is 4.79 Å². The number of nitrogens with two attached hydrogens (primary N) is 1. The van der Waals surface area contributed by atoms with Gasteiger partial charge in [0.15, 0.2) is 0 Å². The summed E-state index contributed by atoms with van der Waals surface area (Å²) in [5.41, 5.74) is 3.41.